The van der Waals surface area contributed by atoms with Gasteiger partial charge in [0.1, 0.15) is 0 Å². The van der Waals surface area contributed by atoms with E-state index in [9.17, 15) is 4.79 Å². The van der Waals surface area contributed by atoms with Gasteiger partial charge < -0.3 is 5.11 Å². The lowest BCUT2D eigenvalue weighted by Gasteiger charge is -2.09. The maximum Gasteiger partial charge on any atom is 0.303 e. The van der Waals surface area contributed by atoms with Crippen LogP contribution in [-0.2, 0) is 4.79 Å². The van der Waals surface area contributed by atoms with Crippen LogP contribution in [0.15, 0.2) is 0 Å². The quantitative estimate of drug-likeness (QED) is 0.679. The van der Waals surface area contributed by atoms with Crippen molar-refractivity contribution in [3.63, 3.8) is 0 Å². The minimum atomic E-state index is -0.666. The van der Waals surface area contributed by atoms with Crippen molar-refractivity contribution in [2.24, 2.45) is 17.3 Å². The standard InChI is InChI=1S/C9H16O2/c1-6(4-8(10)11)7-5-9(7,2)3/h6-7H,4-5H2,1-3H3,(H,10,11). The molecular formula is C9H16O2. The Labute approximate surface area is 67.6 Å². The predicted molar refractivity (Wildman–Crippen MR) is 43.3 cm³/mol. The van der Waals surface area contributed by atoms with Crippen molar-refractivity contribution >= 4 is 5.97 Å². The van der Waals surface area contributed by atoms with E-state index in [1.54, 1.807) is 0 Å². The number of hydrogen-bond acceptors (Lipinski definition) is 1. The molecule has 0 spiro atoms. The Morgan fingerprint density at radius 2 is 2.18 bits per heavy atom. The van der Waals surface area contributed by atoms with Crippen LogP contribution in [0, 0.1) is 17.3 Å². The van der Waals surface area contributed by atoms with E-state index in [2.05, 4.69) is 13.8 Å². The third kappa shape index (κ3) is 1.95. The van der Waals surface area contributed by atoms with Crippen molar-refractivity contribution in [1.82, 2.24) is 0 Å². The zero-order valence-electron chi connectivity index (χ0n) is 7.42. The molecule has 1 aliphatic carbocycles. The molecule has 0 amide bonds. The molecule has 2 atom stereocenters. The van der Waals surface area contributed by atoms with Crippen LogP contribution >= 0.6 is 0 Å². The minimum Gasteiger partial charge on any atom is -0.481 e. The normalized spacial score (nSPS) is 29.5. The first-order valence-corrected chi connectivity index (χ1v) is 4.15. The lowest BCUT2D eigenvalue weighted by atomic mass is 9.96. The lowest BCUT2D eigenvalue weighted by Crippen LogP contribution is -2.08. The molecule has 0 aromatic carbocycles. The zero-order chi connectivity index (χ0) is 8.65. The first-order chi connectivity index (χ1) is 4.93. The van der Waals surface area contributed by atoms with Gasteiger partial charge in [-0.2, -0.15) is 0 Å². The van der Waals surface area contributed by atoms with Crippen LogP contribution in [0.3, 0.4) is 0 Å². The molecule has 0 aliphatic heterocycles. The van der Waals surface area contributed by atoms with Crippen LogP contribution in [0.1, 0.15) is 33.6 Å². The van der Waals surface area contributed by atoms with E-state index in [4.69, 9.17) is 5.11 Å². The highest BCUT2D eigenvalue weighted by molar-refractivity contribution is 5.67. The number of aliphatic carboxylic acids is 1. The fraction of sp³-hybridized carbons (Fsp3) is 0.889. The highest BCUT2D eigenvalue weighted by Gasteiger charge is 2.48. The van der Waals surface area contributed by atoms with E-state index >= 15 is 0 Å². The summed E-state index contributed by atoms with van der Waals surface area (Å²) in [7, 11) is 0. The van der Waals surface area contributed by atoms with Crippen LogP contribution in [0.4, 0.5) is 0 Å². The average Bonchev–Trinajstić information content (AvgIpc) is 2.38. The summed E-state index contributed by atoms with van der Waals surface area (Å²) in [6.45, 7) is 6.44. The Balaban J connectivity index is 2.34. The van der Waals surface area contributed by atoms with Crippen molar-refractivity contribution in [2.45, 2.75) is 33.6 Å². The molecule has 2 nitrogen and oxygen atoms in total. The molecule has 1 saturated carbocycles. The molecule has 1 fully saturated rings. The van der Waals surface area contributed by atoms with Crippen molar-refractivity contribution in [2.75, 3.05) is 0 Å². The van der Waals surface area contributed by atoms with Gasteiger partial charge in [0.15, 0.2) is 0 Å². The van der Waals surface area contributed by atoms with E-state index in [1.165, 1.54) is 6.42 Å². The molecule has 0 saturated heterocycles. The summed E-state index contributed by atoms with van der Waals surface area (Å²) < 4.78 is 0. The van der Waals surface area contributed by atoms with E-state index < -0.39 is 5.97 Å². The maximum absolute atomic E-state index is 10.4. The van der Waals surface area contributed by atoms with Gasteiger partial charge in [0, 0.05) is 6.42 Å². The summed E-state index contributed by atoms with van der Waals surface area (Å²) in [5.41, 5.74) is 0.412. The average molecular weight is 156 g/mol. The van der Waals surface area contributed by atoms with Crippen LogP contribution in [0.5, 0.6) is 0 Å². The summed E-state index contributed by atoms with van der Waals surface area (Å²) in [6, 6.07) is 0. The van der Waals surface area contributed by atoms with Crippen molar-refractivity contribution in [3.8, 4) is 0 Å². The summed E-state index contributed by atoms with van der Waals surface area (Å²) in [4.78, 5) is 10.4. The molecule has 11 heavy (non-hydrogen) atoms. The van der Waals surface area contributed by atoms with Crippen LogP contribution < -0.4 is 0 Å². The Morgan fingerprint density at radius 1 is 1.73 bits per heavy atom. The van der Waals surface area contributed by atoms with Crippen LogP contribution in [0.2, 0.25) is 0 Å². The third-order valence-corrected chi connectivity index (χ3v) is 2.77. The molecule has 0 radical (unpaired) electrons. The van der Waals surface area contributed by atoms with Crippen molar-refractivity contribution < 1.29 is 9.90 Å². The number of carboxylic acid groups (broad SMARTS) is 1. The lowest BCUT2D eigenvalue weighted by molar-refractivity contribution is -0.138. The van der Waals surface area contributed by atoms with Crippen molar-refractivity contribution in [1.29, 1.82) is 0 Å². The Hall–Kier alpha value is -0.530. The van der Waals surface area contributed by atoms with Gasteiger partial charge in [-0.25, -0.2) is 0 Å². The van der Waals surface area contributed by atoms with Crippen molar-refractivity contribution in [3.05, 3.63) is 0 Å². The predicted octanol–water partition coefficient (Wildman–Crippen LogP) is 2.14. The highest BCUT2D eigenvalue weighted by Crippen LogP contribution is 2.56. The number of carboxylic acids is 1. The monoisotopic (exact) mass is 156 g/mol. The van der Waals surface area contributed by atoms with Gasteiger partial charge in [0.25, 0.3) is 0 Å². The van der Waals surface area contributed by atoms with Gasteiger partial charge in [-0.1, -0.05) is 20.8 Å². The summed E-state index contributed by atoms with van der Waals surface area (Å²) in [6.07, 6.45) is 1.52. The molecule has 1 rings (SSSR count). The second-order valence-corrected chi connectivity index (χ2v) is 4.37. The number of rotatable bonds is 3. The van der Waals surface area contributed by atoms with E-state index in [0.29, 0.717) is 23.7 Å². The van der Waals surface area contributed by atoms with E-state index in [0.717, 1.165) is 0 Å². The second-order valence-electron chi connectivity index (χ2n) is 4.37. The van der Waals surface area contributed by atoms with E-state index in [1.807, 2.05) is 6.92 Å². The molecule has 64 valence electrons. The zero-order valence-corrected chi connectivity index (χ0v) is 7.42. The molecule has 0 aromatic rings. The maximum atomic E-state index is 10.4. The van der Waals surface area contributed by atoms with E-state index in [-0.39, 0.29) is 0 Å². The highest BCUT2D eigenvalue weighted by atomic mass is 16.4. The molecule has 1 aliphatic rings. The Morgan fingerprint density at radius 3 is 2.45 bits per heavy atom. The largest absolute Gasteiger partial charge is 0.481 e. The molecule has 2 heteroatoms. The summed E-state index contributed by atoms with van der Waals surface area (Å²) in [5, 5.41) is 8.53. The number of hydrogen-bond donors (Lipinski definition) is 1. The third-order valence-electron chi connectivity index (χ3n) is 2.77. The summed E-state index contributed by atoms with van der Waals surface area (Å²) in [5.74, 6) is 0.321. The SMILES string of the molecule is CC(CC(=O)O)C1CC1(C)C. The van der Waals surface area contributed by atoms with Gasteiger partial charge in [-0.3, -0.25) is 4.79 Å². The van der Waals surface area contributed by atoms with Gasteiger partial charge in [-0.15, -0.1) is 0 Å². The first-order valence-electron chi connectivity index (χ1n) is 4.15. The fourth-order valence-electron chi connectivity index (χ4n) is 1.90. The van der Waals surface area contributed by atoms with Crippen LogP contribution in [0.25, 0.3) is 0 Å². The minimum absolute atomic E-state index is 0.327. The molecule has 0 bridgehead atoms. The molecular weight excluding hydrogens is 140 g/mol. The second kappa shape index (κ2) is 2.50. The first kappa shape index (κ1) is 8.57. The summed E-state index contributed by atoms with van der Waals surface area (Å²) >= 11 is 0. The Bertz CT molecular complexity index is 172. The smallest absolute Gasteiger partial charge is 0.303 e. The van der Waals surface area contributed by atoms with Gasteiger partial charge in [0.2, 0.25) is 0 Å². The topological polar surface area (TPSA) is 37.3 Å². The van der Waals surface area contributed by atoms with Gasteiger partial charge in [0.05, 0.1) is 0 Å². The van der Waals surface area contributed by atoms with Gasteiger partial charge in [-0.05, 0) is 23.7 Å². The molecule has 0 aromatic heterocycles. The molecule has 2 unspecified atom stereocenters. The fourth-order valence-corrected chi connectivity index (χ4v) is 1.90. The molecule has 1 N–H and O–H groups in total. The van der Waals surface area contributed by atoms with Gasteiger partial charge >= 0.3 is 5.97 Å². The Kier molecular flexibility index (Phi) is 1.95. The number of carbonyl (C=O) groups is 1. The molecule has 0 heterocycles. The van der Waals surface area contributed by atoms with Crippen LogP contribution in [-0.4, -0.2) is 11.1 Å².